The van der Waals surface area contributed by atoms with Crippen molar-refractivity contribution in [3.05, 3.63) is 29.6 Å². The fraction of sp³-hybridized carbons (Fsp3) is 0.533. The van der Waals surface area contributed by atoms with Gasteiger partial charge in [-0.1, -0.05) is 0 Å². The number of hydrogen-bond acceptors (Lipinski definition) is 3. The topological polar surface area (TPSA) is 52.6 Å². The van der Waals surface area contributed by atoms with Gasteiger partial charge in [0.1, 0.15) is 11.6 Å². The van der Waals surface area contributed by atoms with Crippen LogP contribution in [-0.4, -0.2) is 42.1 Å². The van der Waals surface area contributed by atoms with Gasteiger partial charge in [-0.3, -0.25) is 4.79 Å². The molecule has 1 atom stereocenters. The molecule has 2 N–H and O–H groups in total. The average Bonchev–Trinajstić information content (AvgIpc) is 2.45. The number of aromatic hydroxyl groups is 1. The number of phenols is 1. The number of nitrogens with one attached hydrogen (secondary N) is 1. The molecule has 0 aromatic heterocycles. The van der Waals surface area contributed by atoms with E-state index in [1.54, 1.807) is 0 Å². The van der Waals surface area contributed by atoms with Crippen molar-refractivity contribution in [2.75, 3.05) is 20.1 Å². The van der Waals surface area contributed by atoms with E-state index >= 15 is 0 Å². The molecule has 0 aliphatic carbocycles. The Hall–Kier alpha value is -1.62. The van der Waals surface area contributed by atoms with Gasteiger partial charge in [0.25, 0.3) is 5.91 Å². The lowest BCUT2D eigenvalue weighted by Gasteiger charge is -2.36. The summed E-state index contributed by atoms with van der Waals surface area (Å²) >= 11 is 0. The number of piperidine rings is 1. The highest BCUT2D eigenvalue weighted by Crippen LogP contribution is 2.25. The van der Waals surface area contributed by atoms with E-state index in [9.17, 15) is 14.3 Å². The Kier molecular flexibility index (Phi) is 4.95. The second-order valence-corrected chi connectivity index (χ2v) is 5.20. The molecular weight excluding hydrogens is 259 g/mol. The van der Waals surface area contributed by atoms with E-state index in [4.69, 9.17) is 0 Å². The molecule has 1 unspecified atom stereocenters. The SMILES string of the molecule is CNCCC1CCCCN1C(=O)c1ccc(F)cc1O. The lowest BCUT2D eigenvalue weighted by Crippen LogP contribution is -2.44. The van der Waals surface area contributed by atoms with E-state index in [2.05, 4.69) is 5.32 Å². The predicted octanol–water partition coefficient (Wildman–Crippen LogP) is 2.14. The number of carbonyl (C=O) groups excluding carboxylic acids is 1. The van der Waals surface area contributed by atoms with E-state index in [1.165, 1.54) is 12.1 Å². The van der Waals surface area contributed by atoms with Crippen LogP contribution in [0.5, 0.6) is 5.75 Å². The van der Waals surface area contributed by atoms with Crippen LogP contribution in [0.2, 0.25) is 0 Å². The maximum atomic E-state index is 13.0. The number of amides is 1. The lowest BCUT2D eigenvalue weighted by molar-refractivity contribution is 0.0599. The van der Waals surface area contributed by atoms with Crippen molar-refractivity contribution in [2.45, 2.75) is 31.7 Å². The summed E-state index contributed by atoms with van der Waals surface area (Å²) in [5.41, 5.74) is 0.183. The van der Waals surface area contributed by atoms with Crippen molar-refractivity contribution in [3.63, 3.8) is 0 Å². The van der Waals surface area contributed by atoms with E-state index in [0.29, 0.717) is 6.54 Å². The third kappa shape index (κ3) is 3.28. The molecule has 1 saturated heterocycles. The van der Waals surface area contributed by atoms with Crippen molar-refractivity contribution in [3.8, 4) is 5.75 Å². The zero-order chi connectivity index (χ0) is 14.5. The molecule has 1 fully saturated rings. The van der Waals surface area contributed by atoms with E-state index in [0.717, 1.165) is 38.3 Å². The summed E-state index contributed by atoms with van der Waals surface area (Å²) in [4.78, 5) is 14.3. The molecule has 0 bridgehead atoms. The average molecular weight is 280 g/mol. The summed E-state index contributed by atoms with van der Waals surface area (Å²) in [5.74, 6) is -1.03. The first kappa shape index (κ1) is 14.8. The summed E-state index contributed by atoms with van der Waals surface area (Å²) < 4.78 is 13.0. The minimum Gasteiger partial charge on any atom is -0.507 e. The van der Waals surface area contributed by atoms with Crippen LogP contribution in [0.25, 0.3) is 0 Å². The molecule has 1 aliphatic rings. The molecule has 20 heavy (non-hydrogen) atoms. The van der Waals surface area contributed by atoms with Crippen LogP contribution in [0.1, 0.15) is 36.0 Å². The minimum absolute atomic E-state index is 0.183. The van der Waals surface area contributed by atoms with Gasteiger partial charge >= 0.3 is 0 Å². The molecule has 1 aliphatic heterocycles. The third-order valence-corrected chi connectivity index (χ3v) is 3.81. The van der Waals surface area contributed by atoms with Gasteiger partial charge in [0, 0.05) is 18.7 Å². The Bertz CT molecular complexity index is 479. The fourth-order valence-corrected chi connectivity index (χ4v) is 2.72. The van der Waals surface area contributed by atoms with Gasteiger partial charge in [-0.25, -0.2) is 4.39 Å². The molecule has 5 heteroatoms. The number of rotatable bonds is 4. The summed E-state index contributed by atoms with van der Waals surface area (Å²) in [6.45, 7) is 1.55. The second-order valence-electron chi connectivity index (χ2n) is 5.20. The predicted molar refractivity (Wildman–Crippen MR) is 75.3 cm³/mol. The van der Waals surface area contributed by atoms with Crippen LogP contribution < -0.4 is 5.32 Å². The van der Waals surface area contributed by atoms with Crippen LogP contribution in [0.4, 0.5) is 4.39 Å². The van der Waals surface area contributed by atoms with Crippen molar-refractivity contribution in [1.82, 2.24) is 10.2 Å². The highest BCUT2D eigenvalue weighted by atomic mass is 19.1. The molecule has 4 nitrogen and oxygen atoms in total. The first-order valence-corrected chi connectivity index (χ1v) is 7.07. The van der Waals surface area contributed by atoms with Gasteiger partial charge in [0.05, 0.1) is 5.56 Å². The van der Waals surface area contributed by atoms with E-state index in [-0.39, 0.29) is 23.3 Å². The molecule has 1 aromatic rings. The molecule has 0 spiro atoms. The fourth-order valence-electron chi connectivity index (χ4n) is 2.72. The first-order chi connectivity index (χ1) is 9.63. The molecule has 0 saturated carbocycles. The van der Waals surface area contributed by atoms with Gasteiger partial charge in [-0.2, -0.15) is 0 Å². The highest BCUT2D eigenvalue weighted by molar-refractivity contribution is 5.97. The zero-order valence-electron chi connectivity index (χ0n) is 11.7. The quantitative estimate of drug-likeness (QED) is 0.888. The smallest absolute Gasteiger partial charge is 0.257 e. The Labute approximate surface area is 118 Å². The Morgan fingerprint density at radius 2 is 2.30 bits per heavy atom. The largest absolute Gasteiger partial charge is 0.507 e. The summed E-state index contributed by atoms with van der Waals surface area (Å²) in [7, 11) is 1.89. The Morgan fingerprint density at radius 1 is 1.50 bits per heavy atom. The maximum absolute atomic E-state index is 13.0. The maximum Gasteiger partial charge on any atom is 0.257 e. The molecule has 110 valence electrons. The van der Waals surface area contributed by atoms with Gasteiger partial charge in [0.2, 0.25) is 0 Å². The third-order valence-electron chi connectivity index (χ3n) is 3.81. The van der Waals surface area contributed by atoms with Crippen LogP contribution in [0.3, 0.4) is 0 Å². The van der Waals surface area contributed by atoms with Gasteiger partial charge in [-0.05, 0) is 51.4 Å². The number of nitrogens with zero attached hydrogens (tertiary/aromatic N) is 1. The molecule has 1 amide bonds. The second kappa shape index (κ2) is 6.70. The number of benzene rings is 1. The molecule has 1 heterocycles. The van der Waals surface area contributed by atoms with E-state index in [1.807, 2.05) is 11.9 Å². The summed E-state index contributed by atoms with van der Waals surface area (Å²) in [6, 6.07) is 3.74. The lowest BCUT2D eigenvalue weighted by atomic mass is 9.98. The van der Waals surface area contributed by atoms with Crippen LogP contribution in [0, 0.1) is 5.82 Å². The number of likely N-dealkylation sites (tertiary alicyclic amines) is 1. The van der Waals surface area contributed by atoms with Crippen LogP contribution in [-0.2, 0) is 0 Å². The molecular formula is C15H21FN2O2. The van der Waals surface area contributed by atoms with Gasteiger partial charge in [-0.15, -0.1) is 0 Å². The van der Waals surface area contributed by atoms with Crippen LogP contribution >= 0.6 is 0 Å². The first-order valence-electron chi connectivity index (χ1n) is 7.07. The van der Waals surface area contributed by atoms with Crippen molar-refractivity contribution >= 4 is 5.91 Å². The van der Waals surface area contributed by atoms with Crippen molar-refractivity contribution in [1.29, 1.82) is 0 Å². The summed E-state index contributed by atoms with van der Waals surface area (Å²) in [5, 5.41) is 12.9. The Morgan fingerprint density at radius 3 is 3.00 bits per heavy atom. The van der Waals surface area contributed by atoms with Gasteiger partial charge in [0.15, 0.2) is 0 Å². The number of phenolic OH excluding ortho intramolecular Hbond substituents is 1. The zero-order valence-corrected chi connectivity index (χ0v) is 11.7. The van der Waals surface area contributed by atoms with Crippen molar-refractivity contribution < 1.29 is 14.3 Å². The standard InChI is InChI=1S/C15H21FN2O2/c1-17-8-7-12-4-2-3-9-18(12)15(20)13-6-5-11(16)10-14(13)19/h5-6,10,12,17,19H,2-4,7-9H2,1H3. The van der Waals surface area contributed by atoms with Crippen molar-refractivity contribution in [2.24, 2.45) is 0 Å². The highest BCUT2D eigenvalue weighted by Gasteiger charge is 2.28. The Balaban J connectivity index is 2.16. The minimum atomic E-state index is -0.538. The van der Waals surface area contributed by atoms with Crippen LogP contribution in [0.15, 0.2) is 18.2 Å². The molecule has 2 rings (SSSR count). The van der Waals surface area contributed by atoms with Gasteiger partial charge < -0.3 is 15.3 Å². The normalized spacial score (nSPS) is 19.1. The monoisotopic (exact) mass is 280 g/mol. The molecule has 0 radical (unpaired) electrons. The summed E-state index contributed by atoms with van der Waals surface area (Å²) in [6.07, 6.45) is 3.97. The van der Waals surface area contributed by atoms with E-state index < -0.39 is 5.82 Å². The number of hydrogen-bond donors (Lipinski definition) is 2. The number of carbonyl (C=O) groups is 1. The molecule has 1 aromatic carbocycles. The number of halogens is 1.